The lowest BCUT2D eigenvalue weighted by Gasteiger charge is -2.07. The predicted octanol–water partition coefficient (Wildman–Crippen LogP) is 9.56. The zero-order valence-corrected chi connectivity index (χ0v) is 19.5. The van der Waals surface area contributed by atoms with Crippen LogP contribution in [0, 0.1) is 0 Å². The molecular weight excluding hydrogens is 368 g/mol. The quantitative estimate of drug-likeness (QED) is 0.251. The molecule has 154 valence electrons. The van der Waals surface area contributed by atoms with E-state index in [0.29, 0.717) is 5.92 Å². The van der Waals surface area contributed by atoms with E-state index in [2.05, 4.69) is 32.9 Å². The molecule has 27 heavy (non-hydrogen) atoms. The summed E-state index contributed by atoms with van der Waals surface area (Å²) in [6.45, 7) is 7.81. The highest BCUT2D eigenvalue weighted by Gasteiger charge is 2.12. The van der Waals surface area contributed by atoms with Crippen molar-refractivity contribution in [2.45, 2.75) is 110 Å². The smallest absolute Gasteiger partial charge is 0.175 e. The van der Waals surface area contributed by atoms with Gasteiger partial charge in [-0.3, -0.25) is 0 Å². The van der Waals surface area contributed by atoms with E-state index in [9.17, 15) is 0 Å². The summed E-state index contributed by atoms with van der Waals surface area (Å²) in [7, 11) is 0. The summed E-state index contributed by atoms with van der Waals surface area (Å²) in [5.41, 5.74) is 0. The Bertz CT molecular complexity index is 581. The van der Waals surface area contributed by atoms with Gasteiger partial charge < -0.3 is 4.74 Å². The van der Waals surface area contributed by atoms with Gasteiger partial charge in [-0.2, -0.15) is 0 Å². The van der Waals surface area contributed by atoms with E-state index in [1.165, 1.54) is 92.9 Å². The van der Waals surface area contributed by atoms with Crippen molar-refractivity contribution in [1.29, 1.82) is 0 Å². The molecule has 0 spiro atoms. The second kappa shape index (κ2) is 13.6. The normalized spacial score (nSPS) is 12.7. The van der Waals surface area contributed by atoms with Crippen molar-refractivity contribution >= 4 is 32.1 Å². The first-order chi connectivity index (χ1) is 13.2. The summed E-state index contributed by atoms with van der Waals surface area (Å²) in [6, 6.07) is 4.66. The zero-order valence-electron chi connectivity index (χ0n) is 17.9. The third-order valence-corrected chi connectivity index (χ3v) is 7.86. The first-order valence-electron chi connectivity index (χ1n) is 11.4. The molecule has 0 amide bonds. The van der Waals surface area contributed by atoms with Gasteiger partial charge in [0.2, 0.25) is 0 Å². The summed E-state index contributed by atoms with van der Waals surface area (Å²) in [6.07, 6.45) is 17.7. The van der Waals surface area contributed by atoms with Gasteiger partial charge in [0.15, 0.2) is 5.06 Å². The molecule has 0 fully saturated rings. The van der Waals surface area contributed by atoms with Crippen LogP contribution in [-0.2, 0) is 0 Å². The van der Waals surface area contributed by atoms with E-state index in [-0.39, 0.29) is 0 Å². The van der Waals surface area contributed by atoms with Crippen LogP contribution in [0.5, 0.6) is 5.06 Å². The topological polar surface area (TPSA) is 9.23 Å². The monoisotopic (exact) mass is 408 g/mol. The number of thiophene rings is 2. The van der Waals surface area contributed by atoms with Crippen LogP contribution in [0.2, 0.25) is 0 Å². The molecular formula is C24H40OS2. The Balaban J connectivity index is 1.56. The first-order valence-corrected chi connectivity index (χ1v) is 13.0. The van der Waals surface area contributed by atoms with Gasteiger partial charge in [0.1, 0.15) is 0 Å². The highest BCUT2D eigenvalue weighted by molar-refractivity contribution is 7.28. The van der Waals surface area contributed by atoms with Crippen LogP contribution < -0.4 is 4.74 Å². The summed E-state index contributed by atoms with van der Waals surface area (Å²) in [5.74, 6) is 0.700. The van der Waals surface area contributed by atoms with Crippen LogP contribution in [0.15, 0.2) is 12.1 Å². The molecule has 2 aromatic rings. The molecule has 2 aromatic heterocycles. The summed E-state index contributed by atoms with van der Waals surface area (Å²) < 4.78 is 8.84. The fraction of sp³-hybridized carbons (Fsp3) is 0.750. The lowest BCUT2D eigenvalue weighted by atomic mass is 10.0. The molecule has 0 aromatic carbocycles. The van der Waals surface area contributed by atoms with Crippen molar-refractivity contribution in [1.82, 2.24) is 0 Å². The SMILES string of the molecule is CCCCCCCCCCCCOc1cc2sc(C(C)CCCC)cc2s1. The molecule has 0 aliphatic heterocycles. The van der Waals surface area contributed by atoms with E-state index in [1.807, 2.05) is 22.7 Å². The maximum absolute atomic E-state index is 6.01. The molecule has 0 saturated heterocycles. The van der Waals surface area contributed by atoms with Crippen molar-refractivity contribution in [3.63, 3.8) is 0 Å². The van der Waals surface area contributed by atoms with Crippen LogP contribution in [-0.4, -0.2) is 6.61 Å². The van der Waals surface area contributed by atoms with E-state index in [0.717, 1.165) is 11.7 Å². The molecule has 1 atom stereocenters. The number of hydrogen-bond donors (Lipinski definition) is 0. The van der Waals surface area contributed by atoms with Gasteiger partial charge in [-0.05, 0) is 24.8 Å². The third-order valence-electron chi connectivity index (χ3n) is 5.42. The number of rotatable bonds is 16. The molecule has 0 aliphatic rings. The van der Waals surface area contributed by atoms with Crippen LogP contribution >= 0.6 is 22.7 Å². The Morgan fingerprint density at radius 3 is 1.96 bits per heavy atom. The number of fused-ring (bicyclic) bond motifs is 1. The average Bonchev–Trinajstić information content (AvgIpc) is 3.23. The highest BCUT2D eigenvalue weighted by Crippen LogP contribution is 2.40. The molecule has 0 N–H and O–H groups in total. The van der Waals surface area contributed by atoms with Gasteiger partial charge in [-0.25, -0.2) is 0 Å². The minimum Gasteiger partial charge on any atom is -0.484 e. The van der Waals surface area contributed by atoms with Crippen LogP contribution in [0.4, 0.5) is 0 Å². The van der Waals surface area contributed by atoms with Crippen LogP contribution in [0.3, 0.4) is 0 Å². The molecule has 0 aliphatic carbocycles. The molecule has 3 heteroatoms. The molecule has 2 rings (SSSR count). The van der Waals surface area contributed by atoms with Gasteiger partial charge >= 0.3 is 0 Å². The summed E-state index contributed by atoms with van der Waals surface area (Å²) in [4.78, 5) is 1.55. The Morgan fingerprint density at radius 1 is 0.741 bits per heavy atom. The van der Waals surface area contributed by atoms with Gasteiger partial charge in [0, 0.05) is 20.3 Å². The standard InChI is InChI=1S/C24H40OS2/c1-4-6-8-9-10-11-12-13-14-15-17-25-24-19-23-22(27-24)18-21(26-23)20(3)16-7-5-2/h18-20H,4-17H2,1-3H3. The molecule has 0 saturated carbocycles. The molecule has 1 unspecified atom stereocenters. The van der Waals surface area contributed by atoms with Crippen molar-refractivity contribution in [3.05, 3.63) is 17.0 Å². The Morgan fingerprint density at radius 2 is 1.33 bits per heavy atom. The molecule has 0 radical (unpaired) electrons. The predicted molar refractivity (Wildman–Crippen MR) is 125 cm³/mol. The van der Waals surface area contributed by atoms with Crippen LogP contribution in [0.1, 0.15) is 115 Å². The number of hydrogen-bond acceptors (Lipinski definition) is 3. The molecule has 2 heterocycles. The second-order valence-corrected chi connectivity index (χ2v) is 10.2. The van der Waals surface area contributed by atoms with Crippen molar-refractivity contribution in [2.24, 2.45) is 0 Å². The maximum Gasteiger partial charge on any atom is 0.175 e. The highest BCUT2D eigenvalue weighted by atomic mass is 32.1. The van der Waals surface area contributed by atoms with E-state index < -0.39 is 0 Å². The summed E-state index contributed by atoms with van der Waals surface area (Å²) in [5, 5.41) is 1.11. The third kappa shape index (κ3) is 8.56. The number of ether oxygens (including phenoxy) is 1. The first kappa shape index (κ1) is 22.7. The molecule has 1 nitrogen and oxygen atoms in total. The fourth-order valence-corrected chi connectivity index (χ4v) is 5.92. The van der Waals surface area contributed by atoms with E-state index >= 15 is 0 Å². The van der Waals surface area contributed by atoms with Gasteiger partial charge in [0.25, 0.3) is 0 Å². The summed E-state index contributed by atoms with van der Waals surface area (Å²) >= 11 is 3.80. The second-order valence-electron chi connectivity index (χ2n) is 8.02. The maximum atomic E-state index is 6.01. The largest absolute Gasteiger partial charge is 0.484 e. The minimum absolute atomic E-state index is 0.700. The average molecular weight is 409 g/mol. The van der Waals surface area contributed by atoms with Gasteiger partial charge in [0.05, 0.1) is 6.61 Å². The van der Waals surface area contributed by atoms with Crippen molar-refractivity contribution in [3.8, 4) is 5.06 Å². The fourth-order valence-electron chi connectivity index (χ4n) is 3.56. The molecule has 0 bridgehead atoms. The lowest BCUT2D eigenvalue weighted by molar-refractivity contribution is 0.313. The van der Waals surface area contributed by atoms with E-state index in [4.69, 9.17) is 4.74 Å². The Hall–Kier alpha value is -0.540. The van der Waals surface area contributed by atoms with Crippen LogP contribution in [0.25, 0.3) is 9.40 Å². The Labute approximate surface area is 175 Å². The lowest BCUT2D eigenvalue weighted by Crippen LogP contribution is -1.95. The Kier molecular flexibility index (Phi) is 11.5. The van der Waals surface area contributed by atoms with E-state index in [1.54, 1.807) is 4.88 Å². The van der Waals surface area contributed by atoms with Gasteiger partial charge in [-0.15, -0.1) is 11.3 Å². The minimum atomic E-state index is 0.700. The van der Waals surface area contributed by atoms with Gasteiger partial charge in [-0.1, -0.05) is 103 Å². The van der Waals surface area contributed by atoms with Crippen molar-refractivity contribution in [2.75, 3.05) is 6.61 Å². The van der Waals surface area contributed by atoms with Crippen molar-refractivity contribution < 1.29 is 4.74 Å². The zero-order chi connectivity index (χ0) is 19.3. The number of unbranched alkanes of at least 4 members (excludes halogenated alkanes) is 10.